The first-order valence-corrected chi connectivity index (χ1v) is 14.1. The molecule has 0 aliphatic carbocycles. The standard InChI is InChI=1S/C37H34N2O/c1-23(2)28-19-29(24(3)4)21-30(20-28)31-16-17-34(32-13-6-8-15-36(32)40)39-37(31)27-12-9-11-25(18-27)35-22-26-10-5-7-14-33(26)38-35/h5-21,23-24,40H,22H2,1-4H3. The van der Waals surface area contributed by atoms with Crippen LogP contribution >= 0.6 is 0 Å². The fraction of sp³-hybridized carbons (Fsp3) is 0.189. The highest BCUT2D eigenvalue weighted by atomic mass is 16.3. The van der Waals surface area contributed by atoms with Crippen molar-refractivity contribution in [2.45, 2.75) is 46.0 Å². The second-order valence-corrected chi connectivity index (χ2v) is 11.3. The highest BCUT2D eigenvalue weighted by Gasteiger charge is 2.19. The molecule has 0 amide bonds. The van der Waals surface area contributed by atoms with Gasteiger partial charge in [-0.2, -0.15) is 0 Å². The number of benzene rings is 4. The van der Waals surface area contributed by atoms with Gasteiger partial charge in [-0.15, -0.1) is 0 Å². The highest BCUT2D eigenvalue weighted by Crippen LogP contribution is 2.38. The zero-order chi connectivity index (χ0) is 27.8. The number of fused-ring (bicyclic) bond motifs is 1. The topological polar surface area (TPSA) is 45.5 Å². The fourth-order valence-corrected chi connectivity index (χ4v) is 5.40. The predicted molar refractivity (Wildman–Crippen MR) is 167 cm³/mol. The number of hydrogen-bond acceptors (Lipinski definition) is 3. The van der Waals surface area contributed by atoms with E-state index in [-0.39, 0.29) is 5.75 Å². The number of pyridine rings is 1. The first kappa shape index (κ1) is 25.8. The third-order valence-corrected chi connectivity index (χ3v) is 7.77. The smallest absolute Gasteiger partial charge is 0.124 e. The van der Waals surface area contributed by atoms with E-state index in [2.05, 4.69) is 94.4 Å². The molecule has 0 saturated carbocycles. The van der Waals surface area contributed by atoms with Crippen LogP contribution in [0.3, 0.4) is 0 Å². The Balaban J connectivity index is 1.53. The van der Waals surface area contributed by atoms with E-state index in [4.69, 9.17) is 9.98 Å². The molecule has 1 aliphatic rings. The maximum absolute atomic E-state index is 10.6. The summed E-state index contributed by atoms with van der Waals surface area (Å²) in [5.41, 5.74) is 12.8. The summed E-state index contributed by atoms with van der Waals surface area (Å²) in [7, 11) is 0. The van der Waals surface area contributed by atoms with Crippen LogP contribution < -0.4 is 0 Å². The molecule has 1 aromatic heterocycles. The number of nitrogens with zero attached hydrogens (tertiary/aromatic N) is 2. The lowest BCUT2D eigenvalue weighted by Crippen LogP contribution is -2.01. The molecule has 40 heavy (non-hydrogen) atoms. The van der Waals surface area contributed by atoms with Crippen LogP contribution in [-0.2, 0) is 6.42 Å². The van der Waals surface area contributed by atoms with Crippen molar-refractivity contribution in [3.8, 4) is 39.4 Å². The summed E-state index contributed by atoms with van der Waals surface area (Å²) < 4.78 is 0. The Kier molecular flexibility index (Phi) is 6.81. The molecule has 1 N–H and O–H groups in total. The maximum Gasteiger partial charge on any atom is 0.124 e. The number of aliphatic imine (C=N–C) groups is 1. The van der Waals surface area contributed by atoms with Gasteiger partial charge < -0.3 is 5.11 Å². The molecule has 0 saturated heterocycles. The molecule has 5 aromatic rings. The minimum absolute atomic E-state index is 0.226. The summed E-state index contributed by atoms with van der Waals surface area (Å²) >= 11 is 0. The number of para-hydroxylation sites is 2. The van der Waals surface area contributed by atoms with Crippen molar-refractivity contribution in [2.75, 3.05) is 0 Å². The molecular formula is C37H34N2O. The molecule has 3 heteroatoms. The Labute approximate surface area is 236 Å². The molecule has 0 radical (unpaired) electrons. The molecule has 1 aliphatic heterocycles. The third kappa shape index (κ3) is 4.96. The zero-order valence-electron chi connectivity index (χ0n) is 23.5. The predicted octanol–water partition coefficient (Wildman–Crippen LogP) is 9.71. The average Bonchev–Trinajstić information content (AvgIpc) is 3.41. The van der Waals surface area contributed by atoms with Crippen LogP contribution in [0.1, 0.15) is 61.8 Å². The number of phenols is 1. The van der Waals surface area contributed by atoms with Gasteiger partial charge in [0, 0.05) is 23.1 Å². The second-order valence-electron chi connectivity index (χ2n) is 11.3. The van der Waals surface area contributed by atoms with Crippen LogP contribution in [0.4, 0.5) is 5.69 Å². The van der Waals surface area contributed by atoms with Crippen molar-refractivity contribution >= 4 is 11.4 Å². The Morgan fingerprint density at radius 1 is 0.625 bits per heavy atom. The molecule has 3 nitrogen and oxygen atoms in total. The van der Waals surface area contributed by atoms with Crippen molar-refractivity contribution in [2.24, 2.45) is 4.99 Å². The largest absolute Gasteiger partial charge is 0.507 e. The van der Waals surface area contributed by atoms with E-state index in [1.165, 1.54) is 16.7 Å². The molecule has 0 bridgehead atoms. The number of aromatic hydroxyl groups is 1. The molecular weight excluding hydrogens is 488 g/mol. The summed E-state index contributed by atoms with van der Waals surface area (Å²) in [5.74, 6) is 1.06. The van der Waals surface area contributed by atoms with Crippen LogP contribution in [0, 0.1) is 0 Å². The Morgan fingerprint density at radius 3 is 2.05 bits per heavy atom. The van der Waals surface area contributed by atoms with E-state index in [1.807, 2.05) is 30.3 Å². The van der Waals surface area contributed by atoms with Gasteiger partial charge in [-0.3, -0.25) is 4.99 Å². The van der Waals surface area contributed by atoms with Crippen LogP contribution in [-0.4, -0.2) is 15.8 Å². The number of rotatable bonds is 6. The van der Waals surface area contributed by atoms with Gasteiger partial charge in [-0.05, 0) is 70.0 Å². The van der Waals surface area contributed by atoms with Crippen LogP contribution in [0.15, 0.2) is 108 Å². The van der Waals surface area contributed by atoms with Crippen molar-refractivity contribution in [3.05, 3.63) is 125 Å². The van der Waals surface area contributed by atoms with E-state index >= 15 is 0 Å². The van der Waals surface area contributed by atoms with Crippen molar-refractivity contribution in [3.63, 3.8) is 0 Å². The molecule has 2 heterocycles. The van der Waals surface area contributed by atoms with Crippen molar-refractivity contribution in [1.29, 1.82) is 0 Å². The Bertz CT molecular complexity index is 1720. The van der Waals surface area contributed by atoms with Gasteiger partial charge in [0.05, 0.1) is 22.8 Å². The number of phenolic OH excluding ortho intramolecular Hbond substituents is 1. The minimum atomic E-state index is 0.226. The third-order valence-electron chi connectivity index (χ3n) is 7.77. The summed E-state index contributed by atoms with van der Waals surface area (Å²) in [6.45, 7) is 8.97. The SMILES string of the molecule is CC(C)c1cc(-c2ccc(-c3ccccc3O)nc2-c2cccc(C3=Nc4ccccc4C3)c2)cc(C(C)C)c1. The van der Waals surface area contributed by atoms with Gasteiger partial charge in [-0.25, -0.2) is 4.98 Å². The van der Waals surface area contributed by atoms with Crippen LogP contribution in [0.2, 0.25) is 0 Å². The Hall–Kier alpha value is -4.50. The molecule has 0 unspecified atom stereocenters. The first-order chi connectivity index (χ1) is 19.4. The first-order valence-electron chi connectivity index (χ1n) is 14.1. The van der Waals surface area contributed by atoms with Gasteiger partial charge in [0.15, 0.2) is 0 Å². The van der Waals surface area contributed by atoms with E-state index in [9.17, 15) is 5.11 Å². The molecule has 4 aromatic carbocycles. The van der Waals surface area contributed by atoms with Gasteiger partial charge in [0.25, 0.3) is 0 Å². The summed E-state index contributed by atoms with van der Waals surface area (Å²) in [4.78, 5) is 10.1. The average molecular weight is 523 g/mol. The van der Waals surface area contributed by atoms with Gasteiger partial charge in [-0.1, -0.05) is 100 Å². The van der Waals surface area contributed by atoms with E-state index in [0.717, 1.165) is 57.0 Å². The fourth-order valence-electron chi connectivity index (χ4n) is 5.40. The van der Waals surface area contributed by atoms with Gasteiger partial charge in [0.2, 0.25) is 0 Å². The minimum Gasteiger partial charge on any atom is -0.507 e. The monoisotopic (exact) mass is 522 g/mol. The van der Waals surface area contributed by atoms with E-state index in [1.54, 1.807) is 6.07 Å². The van der Waals surface area contributed by atoms with Crippen LogP contribution in [0.5, 0.6) is 5.75 Å². The van der Waals surface area contributed by atoms with E-state index in [0.29, 0.717) is 11.8 Å². The van der Waals surface area contributed by atoms with Gasteiger partial charge in [0.1, 0.15) is 5.75 Å². The van der Waals surface area contributed by atoms with Crippen molar-refractivity contribution in [1.82, 2.24) is 4.98 Å². The summed E-state index contributed by atoms with van der Waals surface area (Å²) in [6.07, 6.45) is 0.825. The molecule has 0 fully saturated rings. The highest BCUT2D eigenvalue weighted by molar-refractivity contribution is 6.07. The lowest BCUT2D eigenvalue weighted by molar-refractivity contribution is 0.477. The van der Waals surface area contributed by atoms with Crippen LogP contribution in [0.25, 0.3) is 33.6 Å². The van der Waals surface area contributed by atoms with E-state index < -0.39 is 0 Å². The molecule has 0 atom stereocenters. The molecule has 198 valence electrons. The molecule has 6 rings (SSSR count). The summed E-state index contributed by atoms with van der Waals surface area (Å²) in [5, 5.41) is 10.6. The second kappa shape index (κ2) is 10.6. The molecule has 0 spiro atoms. The Morgan fingerprint density at radius 2 is 1.32 bits per heavy atom. The maximum atomic E-state index is 10.6. The van der Waals surface area contributed by atoms with Gasteiger partial charge >= 0.3 is 0 Å². The quantitative estimate of drug-likeness (QED) is 0.241. The number of hydrogen-bond donors (Lipinski definition) is 1. The normalized spacial score (nSPS) is 12.6. The lowest BCUT2D eigenvalue weighted by Gasteiger charge is -2.18. The van der Waals surface area contributed by atoms with Crippen molar-refractivity contribution < 1.29 is 5.11 Å². The zero-order valence-corrected chi connectivity index (χ0v) is 23.5. The number of aromatic nitrogens is 1. The lowest BCUT2D eigenvalue weighted by atomic mass is 9.89. The summed E-state index contributed by atoms with van der Waals surface area (Å²) in [6, 6.07) is 35.4.